The van der Waals surface area contributed by atoms with Crippen LogP contribution in [0.2, 0.25) is 5.02 Å². The molecule has 3 nitrogen and oxygen atoms in total. The highest BCUT2D eigenvalue weighted by molar-refractivity contribution is 6.30. The number of amides is 1. The van der Waals surface area contributed by atoms with Gasteiger partial charge in [0.1, 0.15) is 0 Å². The summed E-state index contributed by atoms with van der Waals surface area (Å²) in [5.41, 5.74) is 2.35. The van der Waals surface area contributed by atoms with Gasteiger partial charge in [-0.15, -0.1) is 0 Å². The van der Waals surface area contributed by atoms with Crippen molar-refractivity contribution in [2.45, 2.75) is 19.4 Å². The number of hydrogen-bond donors (Lipinski definition) is 2. The number of carbonyl (C=O) groups is 1. The third-order valence-corrected chi connectivity index (χ3v) is 3.56. The average Bonchev–Trinajstić information content (AvgIpc) is 2.47. The highest BCUT2D eigenvalue weighted by Gasteiger charge is 2.10. The highest BCUT2D eigenvalue weighted by atomic mass is 35.5. The van der Waals surface area contributed by atoms with Crippen LogP contribution in [0.25, 0.3) is 0 Å². The fourth-order valence-corrected chi connectivity index (χ4v) is 2.32. The van der Waals surface area contributed by atoms with E-state index in [-0.39, 0.29) is 5.91 Å². The Bertz CT molecular complexity index is 628. The predicted molar refractivity (Wildman–Crippen MR) is 84.5 cm³/mol. The first kappa shape index (κ1) is 15.5. The van der Waals surface area contributed by atoms with E-state index in [0.717, 1.165) is 11.1 Å². The van der Waals surface area contributed by atoms with Gasteiger partial charge < -0.3 is 10.4 Å². The summed E-state index contributed by atoms with van der Waals surface area (Å²) in [6, 6.07) is 14.5. The summed E-state index contributed by atoms with van der Waals surface area (Å²) in [5.74, 6) is -0.119. The van der Waals surface area contributed by atoms with Crippen LogP contribution < -0.4 is 5.32 Å². The molecule has 2 aromatic carbocycles. The van der Waals surface area contributed by atoms with E-state index in [2.05, 4.69) is 5.32 Å². The molecule has 0 spiro atoms. The van der Waals surface area contributed by atoms with E-state index >= 15 is 0 Å². The zero-order valence-electron chi connectivity index (χ0n) is 11.8. The van der Waals surface area contributed by atoms with Gasteiger partial charge in [-0.3, -0.25) is 4.79 Å². The van der Waals surface area contributed by atoms with Crippen LogP contribution in [0.5, 0.6) is 0 Å². The van der Waals surface area contributed by atoms with Crippen LogP contribution in [0.15, 0.2) is 48.5 Å². The number of nitrogens with one attached hydrogen (secondary N) is 1. The van der Waals surface area contributed by atoms with Crippen LogP contribution in [0.4, 0.5) is 0 Å². The van der Waals surface area contributed by atoms with Crippen LogP contribution in [0.1, 0.15) is 34.0 Å². The van der Waals surface area contributed by atoms with Crippen molar-refractivity contribution in [1.82, 2.24) is 5.32 Å². The molecule has 2 aromatic rings. The Balaban J connectivity index is 1.87. The second-order valence-electron chi connectivity index (χ2n) is 4.93. The lowest BCUT2D eigenvalue weighted by molar-refractivity contribution is 0.0942. The van der Waals surface area contributed by atoms with E-state index in [1.165, 1.54) is 0 Å². The summed E-state index contributed by atoms with van der Waals surface area (Å²) in [4.78, 5) is 12.0. The molecule has 0 bridgehead atoms. The van der Waals surface area contributed by atoms with Crippen LogP contribution in [0, 0.1) is 6.92 Å². The SMILES string of the molecule is Cc1ccccc1C(=O)NCCC(O)c1cccc(Cl)c1. The predicted octanol–water partition coefficient (Wildman–Crippen LogP) is 3.50. The summed E-state index contributed by atoms with van der Waals surface area (Å²) in [5, 5.41) is 13.5. The second kappa shape index (κ2) is 7.25. The van der Waals surface area contributed by atoms with Crippen molar-refractivity contribution in [2.24, 2.45) is 0 Å². The minimum atomic E-state index is -0.638. The quantitative estimate of drug-likeness (QED) is 0.888. The summed E-state index contributed by atoms with van der Waals surface area (Å²) in [6.07, 6.45) is -0.196. The Kier molecular flexibility index (Phi) is 5.37. The lowest BCUT2D eigenvalue weighted by atomic mass is 10.1. The highest BCUT2D eigenvalue weighted by Crippen LogP contribution is 2.19. The molecular weight excluding hydrogens is 286 g/mol. The van der Waals surface area contributed by atoms with Crippen molar-refractivity contribution in [2.75, 3.05) is 6.54 Å². The Hall–Kier alpha value is -1.84. The fourth-order valence-electron chi connectivity index (χ4n) is 2.13. The first-order chi connectivity index (χ1) is 10.1. The molecule has 0 heterocycles. The van der Waals surface area contributed by atoms with E-state index in [9.17, 15) is 9.90 Å². The van der Waals surface area contributed by atoms with Crippen LogP contribution >= 0.6 is 11.6 Å². The zero-order valence-corrected chi connectivity index (χ0v) is 12.6. The number of hydrogen-bond acceptors (Lipinski definition) is 2. The molecule has 0 aliphatic rings. The molecule has 2 N–H and O–H groups in total. The maximum atomic E-state index is 12.0. The van der Waals surface area contributed by atoms with E-state index in [1.54, 1.807) is 24.3 Å². The summed E-state index contributed by atoms with van der Waals surface area (Å²) in [6.45, 7) is 2.30. The van der Waals surface area contributed by atoms with E-state index in [4.69, 9.17) is 11.6 Å². The number of carbonyl (C=O) groups excluding carboxylic acids is 1. The number of aliphatic hydroxyl groups is 1. The molecule has 110 valence electrons. The zero-order chi connectivity index (χ0) is 15.2. The van der Waals surface area contributed by atoms with Crippen molar-refractivity contribution in [3.8, 4) is 0 Å². The van der Waals surface area contributed by atoms with Gasteiger partial charge in [0.15, 0.2) is 0 Å². The molecule has 2 rings (SSSR count). The standard InChI is InChI=1S/C17H18ClNO2/c1-12-5-2-3-8-15(12)17(21)19-10-9-16(20)13-6-4-7-14(18)11-13/h2-8,11,16,20H,9-10H2,1H3,(H,19,21). The molecular formula is C17H18ClNO2. The monoisotopic (exact) mass is 303 g/mol. The topological polar surface area (TPSA) is 49.3 Å². The maximum absolute atomic E-state index is 12.0. The Morgan fingerprint density at radius 1 is 1.24 bits per heavy atom. The van der Waals surface area contributed by atoms with Crippen molar-refractivity contribution < 1.29 is 9.90 Å². The van der Waals surface area contributed by atoms with Gasteiger partial charge in [-0.2, -0.15) is 0 Å². The third kappa shape index (κ3) is 4.31. The Morgan fingerprint density at radius 3 is 2.71 bits per heavy atom. The van der Waals surface area contributed by atoms with Crippen LogP contribution in [-0.4, -0.2) is 17.6 Å². The molecule has 1 unspecified atom stereocenters. The molecule has 1 atom stereocenters. The lowest BCUT2D eigenvalue weighted by Gasteiger charge is -2.12. The number of aliphatic hydroxyl groups excluding tert-OH is 1. The lowest BCUT2D eigenvalue weighted by Crippen LogP contribution is -2.26. The molecule has 21 heavy (non-hydrogen) atoms. The Morgan fingerprint density at radius 2 is 2.00 bits per heavy atom. The van der Waals surface area contributed by atoms with Gasteiger partial charge >= 0.3 is 0 Å². The van der Waals surface area contributed by atoms with Gasteiger partial charge in [-0.05, 0) is 42.7 Å². The van der Waals surface area contributed by atoms with Gasteiger partial charge in [0.2, 0.25) is 0 Å². The molecule has 0 saturated heterocycles. The van der Waals surface area contributed by atoms with Gasteiger partial charge in [0, 0.05) is 17.1 Å². The molecule has 0 aromatic heterocycles. The van der Waals surface area contributed by atoms with Gasteiger partial charge in [-0.1, -0.05) is 41.9 Å². The fraction of sp³-hybridized carbons (Fsp3) is 0.235. The summed E-state index contributed by atoms with van der Waals surface area (Å²) >= 11 is 5.89. The van der Waals surface area contributed by atoms with Crippen molar-refractivity contribution in [1.29, 1.82) is 0 Å². The van der Waals surface area contributed by atoms with E-state index < -0.39 is 6.10 Å². The minimum Gasteiger partial charge on any atom is -0.388 e. The van der Waals surface area contributed by atoms with E-state index in [0.29, 0.717) is 23.6 Å². The number of benzene rings is 2. The van der Waals surface area contributed by atoms with Gasteiger partial charge in [0.05, 0.1) is 6.10 Å². The van der Waals surface area contributed by atoms with Gasteiger partial charge in [-0.25, -0.2) is 0 Å². The molecule has 4 heteroatoms. The first-order valence-electron chi connectivity index (χ1n) is 6.85. The third-order valence-electron chi connectivity index (χ3n) is 3.33. The molecule has 0 aliphatic carbocycles. The number of rotatable bonds is 5. The van der Waals surface area contributed by atoms with Gasteiger partial charge in [0.25, 0.3) is 5.91 Å². The molecule has 0 fully saturated rings. The Labute approximate surface area is 129 Å². The molecule has 1 amide bonds. The molecule has 0 aliphatic heterocycles. The smallest absolute Gasteiger partial charge is 0.251 e. The minimum absolute atomic E-state index is 0.119. The second-order valence-corrected chi connectivity index (χ2v) is 5.37. The first-order valence-corrected chi connectivity index (χ1v) is 7.23. The van der Waals surface area contributed by atoms with Crippen molar-refractivity contribution in [3.63, 3.8) is 0 Å². The largest absolute Gasteiger partial charge is 0.388 e. The van der Waals surface area contributed by atoms with Crippen molar-refractivity contribution in [3.05, 3.63) is 70.2 Å². The molecule has 0 radical (unpaired) electrons. The van der Waals surface area contributed by atoms with Crippen LogP contribution in [0.3, 0.4) is 0 Å². The average molecular weight is 304 g/mol. The summed E-state index contributed by atoms with van der Waals surface area (Å²) in [7, 11) is 0. The number of halogens is 1. The van der Waals surface area contributed by atoms with Crippen molar-refractivity contribution >= 4 is 17.5 Å². The summed E-state index contributed by atoms with van der Waals surface area (Å²) < 4.78 is 0. The molecule has 0 saturated carbocycles. The number of aryl methyl sites for hydroxylation is 1. The normalized spacial score (nSPS) is 12.0. The van der Waals surface area contributed by atoms with Crippen LogP contribution in [-0.2, 0) is 0 Å². The maximum Gasteiger partial charge on any atom is 0.251 e. The van der Waals surface area contributed by atoms with E-state index in [1.807, 2.05) is 31.2 Å².